The van der Waals surface area contributed by atoms with Crippen molar-refractivity contribution < 1.29 is 28.8 Å². The smallest absolute Gasteiger partial charge is 0.320 e. The minimum absolute atomic E-state index is 0.232. The van der Waals surface area contributed by atoms with Crippen LogP contribution in [0.3, 0.4) is 0 Å². The molecule has 5 rings (SSSR count). The zero-order valence-corrected chi connectivity index (χ0v) is 22.1. The molecule has 0 saturated carbocycles. The van der Waals surface area contributed by atoms with Gasteiger partial charge in [-0.25, -0.2) is 4.98 Å². The zero-order valence-electron chi connectivity index (χ0n) is 22.1. The van der Waals surface area contributed by atoms with Gasteiger partial charge in [-0.1, -0.05) is 54.6 Å². The number of carboxylic acid groups (broad SMARTS) is 1. The fraction of sp³-hybridized carbons (Fsp3) is 0.250. The van der Waals surface area contributed by atoms with E-state index in [0.717, 1.165) is 58.7 Å². The average Bonchev–Trinajstić information content (AvgIpc) is 3.46. The number of pyridine rings is 1. The molecule has 40 heavy (non-hydrogen) atoms. The molecule has 8 nitrogen and oxygen atoms in total. The second kappa shape index (κ2) is 13.0. The predicted molar refractivity (Wildman–Crippen MR) is 152 cm³/mol. The molecule has 2 heterocycles. The number of benzene rings is 3. The lowest BCUT2D eigenvalue weighted by Gasteiger charge is -2.13. The number of hydrogen-bond donors (Lipinski definition) is 2. The maximum Gasteiger partial charge on any atom is 0.320 e. The van der Waals surface area contributed by atoms with Crippen LogP contribution in [0.25, 0.3) is 22.4 Å². The summed E-state index contributed by atoms with van der Waals surface area (Å²) in [7, 11) is 0. The quantitative estimate of drug-likeness (QED) is 0.207. The van der Waals surface area contributed by atoms with Gasteiger partial charge in [-0.05, 0) is 60.2 Å². The van der Waals surface area contributed by atoms with Crippen molar-refractivity contribution in [2.45, 2.75) is 31.7 Å². The predicted octanol–water partition coefficient (Wildman–Crippen LogP) is 5.73. The first-order chi connectivity index (χ1) is 19.6. The third kappa shape index (κ3) is 6.90. The van der Waals surface area contributed by atoms with Crippen molar-refractivity contribution in [3.8, 4) is 45.5 Å². The van der Waals surface area contributed by atoms with Crippen LogP contribution in [0.1, 0.15) is 24.8 Å². The average molecular weight is 541 g/mol. The summed E-state index contributed by atoms with van der Waals surface area (Å²) in [4.78, 5) is 15.7. The Bertz CT molecular complexity index is 1440. The van der Waals surface area contributed by atoms with Crippen LogP contribution in [0.5, 0.6) is 23.1 Å². The monoisotopic (exact) mass is 540 g/mol. The molecule has 1 aliphatic rings. The van der Waals surface area contributed by atoms with Crippen LogP contribution in [0, 0.1) is 0 Å². The molecular formula is C32H32N2O6. The van der Waals surface area contributed by atoms with Crippen LogP contribution in [0.2, 0.25) is 0 Å². The van der Waals surface area contributed by atoms with Gasteiger partial charge in [0.1, 0.15) is 11.8 Å². The van der Waals surface area contributed by atoms with Crippen molar-refractivity contribution in [1.82, 2.24) is 4.98 Å². The second-order valence-electron chi connectivity index (χ2n) is 9.52. The highest BCUT2D eigenvalue weighted by molar-refractivity contribution is 5.74. The Morgan fingerprint density at radius 2 is 1.55 bits per heavy atom. The maximum absolute atomic E-state index is 11.1. The Hall–Kier alpha value is -4.56. The van der Waals surface area contributed by atoms with Gasteiger partial charge in [0.2, 0.25) is 12.7 Å². The lowest BCUT2D eigenvalue weighted by atomic mass is 10.0. The third-order valence-corrected chi connectivity index (χ3v) is 6.64. The fourth-order valence-electron chi connectivity index (χ4n) is 4.44. The molecule has 8 heteroatoms. The number of para-hydroxylation sites is 1. The van der Waals surface area contributed by atoms with E-state index in [9.17, 15) is 4.79 Å². The van der Waals surface area contributed by atoms with E-state index in [2.05, 4.69) is 29.2 Å². The van der Waals surface area contributed by atoms with Gasteiger partial charge in [-0.2, -0.15) is 0 Å². The number of nitrogens with two attached hydrogens (primary N) is 1. The SMILES string of the molecule is NC(Cc1ccccc1OCCCCCOc1cccc(-c2ccc(-c3ccc4c(c3)OCO4)cc2)n1)C(=O)O. The van der Waals surface area contributed by atoms with Crippen molar-refractivity contribution in [3.05, 3.63) is 90.5 Å². The van der Waals surface area contributed by atoms with E-state index in [1.807, 2.05) is 60.7 Å². The van der Waals surface area contributed by atoms with Gasteiger partial charge in [-0.3, -0.25) is 4.79 Å². The molecule has 3 N–H and O–H groups in total. The first-order valence-electron chi connectivity index (χ1n) is 13.4. The van der Waals surface area contributed by atoms with E-state index < -0.39 is 12.0 Å². The van der Waals surface area contributed by atoms with Crippen molar-refractivity contribution in [3.63, 3.8) is 0 Å². The van der Waals surface area contributed by atoms with Gasteiger partial charge in [0.15, 0.2) is 11.5 Å². The number of carbonyl (C=O) groups is 1. The lowest BCUT2D eigenvalue weighted by Crippen LogP contribution is -2.32. The van der Waals surface area contributed by atoms with Gasteiger partial charge in [0.05, 0.1) is 18.9 Å². The van der Waals surface area contributed by atoms with E-state index in [0.29, 0.717) is 24.8 Å². The van der Waals surface area contributed by atoms with Gasteiger partial charge < -0.3 is 29.8 Å². The molecule has 0 saturated heterocycles. The van der Waals surface area contributed by atoms with E-state index in [4.69, 9.17) is 29.8 Å². The Morgan fingerprint density at radius 1 is 0.825 bits per heavy atom. The number of hydrogen-bond acceptors (Lipinski definition) is 7. The molecule has 206 valence electrons. The molecule has 1 atom stereocenters. The van der Waals surface area contributed by atoms with Crippen molar-refractivity contribution in [1.29, 1.82) is 0 Å². The number of aromatic nitrogens is 1. The molecule has 4 aromatic rings. The summed E-state index contributed by atoms with van der Waals surface area (Å²) in [5.41, 5.74) is 10.5. The summed E-state index contributed by atoms with van der Waals surface area (Å²) in [5.74, 6) is 1.79. The fourth-order valence-corrected chi connectivity index (χ4v) is 4.44. The van der Waals surface area contributed by atoms with Crippen LogP contribution in [-0.4, -0.2) is 42.1 Å². The molecule has 0 spiro atoms. The Labute approximate surface area is 233 Å². The molecule has 0 amide bonds. The molecule has 3 aromatic carbocycles. The Balaban J connectivity index is 1.06. The largest absolute Gasteiger partial charge is 0.493 e. The molecule has 0 fully saturated rings. The number of nitrogens with zero attached hydrogens (tertiary/aromatic N) is 1. The first kappa shape index (κ1) is 27.0. The normalized spacial score (nSPS) is 12.6. The summed E-state index contributed by atoms with van der Waals surface area (Å²) in [5, 5.41) is 9.07. The minimum atomic E-state index is -1.02. The highest BCUT2D eigenvalue weighted by Crippen LogP contribution is 2.36. The number of ether oxygens (including phenoxy) is 4. The number of carboxylic acids is 1. The van der Waals surface area contributed by atoms with Crippen molar-refractivity contribution in [2.24, 2.45) is 5.73 Å². The highest BCUT2D eigenvalue weighted by atomic mass is 16.7. The number of fused-ring (bicyclic) bond motifs is 1. The van der Waals surface area contributed by atoms with Gasteiger partial charge in [0.25, 0.3) is 0 Å². The molecular weight excluding hydrogens is 508 g/mol. The lowest BCUT2D eigenvalue weighted by molar-refractivity contribution is -0.138. The van der Waals surface area contributed by atoms with E-state index in [1.165, 1.54) is 0 Å². The van der Waals surface area contributed by atoms with Crippen LogP contribution < -0.4 is 24.7 Å². The third-order valence-electron chi connectivity index (χ3n) is 6.64. The topological polar surface area (TPSA) is 113 Å². The summed E-state index contributed by atoms with van der Waals surface area (Å²) < 4.78 is 22.7. The standard InChI is InChI=1S/C32H32N2O6/c33-26(32(35)36)19-25-7-2-3-9-28(25)37-17-4-1-5-18-38-31-10-6-8-27(34-31)23-13-11-22(12-14-23)24-15-16-29-30(20-24)40-21-39-29/h2-3,6-16,20,26H,1,4-5,17-19,21,33H2,(H,35,36). The summed E-state index contributed by atoms with van der Waals surface area (Å²) in [6.07, 6.45) is 2.88. The molecule has 1 aromatic heterocycles. The summed E-state index contributed by atoms with van der Waals surface area (Å²) >= 11 is 0. The number of unbranched alkanes of at least 4 members (excludes halogenated alkanes) is 2. The minimum Gasteiger partial charge on any atom is -0.493 e. The second-order valence-corrected chi connectivity index (χ2v) is 9.52. The van der Waals surface area contributed by atoms with Crippen molar-refractivity contribution in [2.75, 3.05) is 20.0 Å². The van der Waals surface area contributed by atoms with Crippen LogP contribution in [0.15, 0.2) is 84.9 Å². The van der Waals surface area contributed by atoms with Crippen LogP contribution in [-0.2, 0) is 11.2 Å². The Kier molecular flexibility index (Phi) is 8.78. The molecule has 0 radical (unpaired) electrons. The van der Waals surface area contributed by atoms with Gasteiger partial charge in [0, 0.05) is 18.1 Å². The van der Waals surface area contributed by atoms with Crippen molar-refractivity contribution >= 4 is 5.97 Å². The maximum atomic E-state index is 11.1. The molecule has 1 aliphatic heterocycles. The van der Waals surface area contributed by atoms with Crippen LogP contribution in [0.4, 0.5) is 0 Å². The van der Waals surface area contributed by atoms with E-state index in [-0.39, 0.29) is 13.2 Å². The van der Waals surface area contributed by atoms with Crippen LogP contribution >= 0.6 is 0 Å². The van der Waals surface area contributed by atoms with E-state index in [1.54, 1.807) is 0 Å². The van der Waals surface area contributed by atoms with Gasteiger partial charge in [-0.15, -0.1) is 0 Å². The summed E-state index contributed by atoms with van der Waals surface area (Å²) in [6.45, 7) is 1.36. The van der Waals surface area contributed by atoms with Gasteiger partial charge >= 0.3 is 5.97 Å². The number of rotatable bonds is 13. The first-order valence-corrected chi connectivity index (χ1v) is 13.4. The molecule has 0 aliphatic carbocycles. The summed E-state index contributed by atoms with van der Waals surface area (Å²) in [6, 6.07) is 26.5. The number of aliphatic carboxylic acids is 1. The zero-order chi connectivity index (χ0) is 27.7. The Morgan fingerprint density at radius 3 is 2.38 bits per heavy atom. The van der Waals surface area contributed by atoms with E-state index >= 15 is 0 Å². The highest BCUT2D eigenvalue weighted by Gasteiger charge is 2.15. The molecule has 0 bridgehead atoms. The molecule has 1 unspecified atom stereocenters.